The second kappa shape index (κ2) is 4.87. The van der Waals surface area contributed by atoms with Gasteiger partial charge in [0.15, 0.2) is 0 Å². The topological polar surface area (TPSA) is 50.2 Å². The Hall–Kier alpha value is -1.03. The monoisotopic (exact) mass is 197 g/mol. The summed E-state index contributed by atoms with van der Waals surface area (Å²) in [5, 5.41) is 8.47. The number of aliphatic carboxylic acids is 1. The molecule has 0 unspecified atom stereocenters. The molecule has 0 aliphatic carbocycles. The lowest BCUT2D eigenvalue weighted by atomic mass is 10.1. The molecule has 0 atom stereocenters. The predicted molar refractivity (Wildman–Crippen MR) is 52.9 cm³/mol. The Morgan fingerprint density at radius 1 is 1.62 bits per heavy atom. The zero-order valence-corrected chi connectivity index (χ0v) is 8.00. The van der Waals surface area contributed by atoms with Crippen LogP contribution < -0.4 is 0 Å². The van der Waals surface area contributed by atoms with Crippen molar-refractivity contribution < 1.29 is 9.90 Å². The average molecular weight is 197 g/mol. The molecule has 13 heavy (non-hydrogen) atoms. The molecular formula is C9H11NO2S. The number of pyridine rings is 1. The van der Waals surface area contributed by atoms with Gasteiger partial charge in [0.05, 0.1) is 5.69 Å². The van der Waals surface area contributed by atoms with Crippen molar-refractivity contribution in [2.75, 3.05) is 0 Å². The second-order valence-corrected chi connectivity index (χ2v) is 3.02. The zero-order chi connectivity index (χ0) is 9.68. The van der Waals surface area contributed by atoms with Crippen molar-refractivity contribution >= 4 is 18.6 Å². The lowest BCUT2D eigenvalue weighted by Crippen LogP contribution is -1.98. The van der Waals surface area contributed by atoms with Crippen LogP contribution >= 0.6 is 12.6 Å². The van der Waals surface area contributed by atoms with E-state index in [2.05, 4.69) is 17.6 Å². The van der Waals surface area contributed by atoms with E-state index in [9.17, 15) is 4.79 Å². The minimum absolute atomic E-state index is 0.163. The highest BCUT2D eigenvalue weighted by atomic mass is 32.1. The molecule has 1 rings (SSSR count). The molecule has 0 aromatic carbocycles. The van der Waals surface area contributed by atoms with E-state index < -0.39 is 5.97 Å². The van der Waals surface area contributed by atoms with Crippen molar-refractivity contribution in [3.63, 3.8) is 0 Å². The Kier molecular flexibility index (Phi) is 3.76. The highest BCUT2D eigenvalue weighted by Crippen LogP contribution is 2.06. The first-order valence-electron chi connectivity index (χ1n) is 3.99. The molecule has 3 nitrogen and oxygen atoms in total. The summed E-state index contributed by atoms with van der Waals surface area (Å²) in [6.45, 7) is 0. The van der Waals surface area contributed by atoms with Crippen LogP contribution in [-0.2, 0) is 17.0 Å². The van der Waals surface area contributed by atoms with Crippen molar-refractivity contribution in [2.24, 2.45) is 0 Å². The molecule has 1 N–H and O–H groups in total. The maximum atomic E-state index is 10.3. The third-order valence-corrected chi connectivity index (χ3v) is 1.99. The van der Waals surface area contributed by atoms with Gasteiger partial charge in [-0.15, -0.1) is 0 Å². The normalized spacial score (nSPS) is 9.92. The van der Waals surface area contributed by atoms with Gasteiger partial charge in [-0.25, -0.2) is 0 Å². The number of hydrogen-bond donors (Lipinski definition) is 2. The average Bonchev–Trinajstić information content (AvgIpc) is 2.15. The number of thiol groups is 1. The Morgan fingerprint density at radius 2 is 2.38 bits per heavy atom. The summed E-state index contributed by atoms with van der Waals surface area (Å²) in [4.78, 5) is 14.4. The zero-order valence-electron chi connectivity index (χ0n) is 7.10. The number of aromatic nitrogens is 1. The Balaban J connectivity index is 2.61. The minimum atomic E-state index is -0.774. The maximum Gasteiger partial charge on any atom is 0.303 e. The summed E-state index contributed by atoms with van der Waals surface area (Å²) in [6, 6.07) is 3.71. The minimum Gasteiger partial charge on any atom is -0.481 e. The maximum absolute atomic E-state index is 10.3. The predicted octanol–water partition coefficient (Wildman–Crippen LogP) is 1.53. The number of hydrogen-bond acceptors (Lipinski definition) is 3. The van der Waals surface area contributed by atoms with E-state index in [-0.39, 0.29) is 6.42 Å². The van der Waals surface area contributed by atoms with Crippen LogP contribution in [-0.4, -0.2) is 16.1 Å². The molecule has 0 saturated carbocycles. The Bertz CT molecular complexity index is 301. The summed E-state index contributed by atoms with van der Waals surface area (Å²) >= 11 is 4.09. The fourth-order valence-electron chi connectivity index (χ4n) is 1.02. The largest absolute Gasteiger partial charge is 0.481 e. The summed E-state index contributed by atoms with van der Waals surface area (Å²) in [6.07, 6.45) is 2.40. The number of aryl methyl sites for hydroxylation is 1. The first-order chi connectivity index (χ1) is 6.22. The fourth-order valence-corrected chi connectivity index (χ4v) is 1.19. The van der Waals surface area contributed by atoms with E-state index >= 15 is 0 Å². The third-order valence-electron chi connectivity index (χ3n) is 1.67. The van der Waals surface area contributed by atoms with Gasteiger partial charge in [-0.2, -0.15) is 12.6 Å². The van der Waals surface area contributed by atoms with Crippen LogP contribution in [0.5, 0.6) is 0 Å². The second-order valence-electron chi connectivity index (χ2n) is 2.71. The molecule has 0 aliphatic rings. The Morgan fingerprint density at radius 3 is 3.00 bits per heavy atom. The van der Waals surface area contributed by atoms with Gasteiger partial charge in [0.2, 0.25) is 0 Å². The fraction of sp³-hybridized carbons (Fsp3) is 0.333. The Labute approximate surface area is 82.2 Å². The first-order valence-corrected chi connectivity index (χ1v) is 4.62. The van der Waals surface area contributed by atoms with E-state index in [1.807, 2.05) is 12.1 Å². The molecule has 1 heterocycles. The van der Waals surface area contributed by atoms with E-state index in [1.165, 1.54) is 0 Å². The van der Waals surface area contributed by atoms with E-state index in [4.69, 9.17) is 5.11 Å². The highest BCUT2D eigenvalue weighted by molar-refractivity contribution is 7.79. The van der Waals surface area contributed by atoms with Crippen molar-refractivity contribution in [3.8, 4) is 0 Å². The lowest BCUT2D eigenvalue weighted by molar-refractivity contribution is -0.136. The number of rotatable bonds is 4. The van der Waals surface area contributed by atoms with Crippen LogP contribution in [0.15, 0.2) is 18.3 Å². The molecule has 0 saturated heterocycles. The van der Waals surface area contributed by atoms with E-state index in [1.54, 1.807) is 6.20 Å². The van der Waals surface area contributed by atoms with Crippen LogP contribution in [0, 0.1) is 0 Å². The van der Waals surface area contributed by atoms with Crippen LogP contribution in [0.2, 0.25) is 0 Å². The molecule has 1 aromatic heterocycles. The van der Waals surface area contributed by atoms with Gasteiger partial charge in [-0.1, -0.05) is 0 Å². The van der Waals surface area contributed by atoms with Gasteiger partial charge in [0.1, 0.15) is 0 Å². The van der Waals surface area contributed by atoms with Crippen molar-refractivity contribution in [1.29, 1.82) is 0 Å². The van der Waals surface area contributed by atoms with E-state index in [0.717, 1.165) is 11.3 Å². The molecule has 0 bridgehead atoms. The standard InChI is InChI=1S/C9H11NO2S/c11-9(12)2-1-7-3-4-10-8(5-7)6-13/h3-5,13H,1-2,6H2,(H,11,12). The summed E-state index contributed by atoms with van der Waals surface area (Å²) in [5.74, 6) is -0.190. The number of carbonyl (C=O) groups is 1. The molecule has 0 radical (unpaired) electrons. The smallest absolute Gasteiger partial charge is 0.303 e. The van der Waals surface area contributed by atoms with Gasteiger partial charge in [-0.05, 0) is 24.1 Å². The molecular weight excluding hydrogens is 186 g/mol. The quantitative estimate of drug-likeness (QED) is 0.720. The number of carboxylic acids is 1. The van der Waals surface area contributed by atoms with Crippen LogP contribution in [0.1, 0.15) is 17.7 Å². The molecule has 0 aliphatic heterocycles. The number of nitrogens with zero attached hydrogens (tertiary/aromatic N) is 1. The van der Waals surface area contributed by atoms with Crippen LogP contribution in [0.4, 0.5) is 0 Å². The summed E-state index contributed by atoms with van der Waals surface area (Å²) < 4.78 is 0. The van der Waals surface area contributed by atoms with Crippen molar-refractivity contribution in [2.45, 2.75) is 18.6 Å². The first kappa shape index (κ1) is 10.1. The summed E-state index contributed by atoms with van der Waals surface area (Å²) in [7, 11) is 0. The molecule has 4 heteroatoms. The van der Waals surface area contributed by atoms with Gasteiger partial charge in [0, 0.05) is 18.4 Å². The van der Waals surface area contributed by atoms with E-state index in [0.29, 0.717) is 12.2 Å². The van der Waals surface area contributed by atoms with Gasteiger partial charge >= 0.3 is 5.97 Å². The van der Waals surface area contributed by atoms with Gasteiger partial charge < -0.3 is 5.11 Å². The molecule has 70 valence electrons. The molecule has 1 aromatic rings. The van der Waals surface area contributed by atoms with Crippen molar-refractivity contribution in [3.05, 3.63) is 29.6 Å². The number of carboxylic acid groups (broad SMARTS) is 1. The molecule has 0 fully saturated rings. The SMILES string of the molecule is O=C(O)CCc1ccnc(CS)c1. The van der Waals surface area contributed by atoms with Gasteiger partial charge in [-0.3, -0.25) is 9.78 Å². The van der Waals surface area contributed by atoms with Crippen molar-refractivity contribution in [1.82, 2.24) is 4.98 Å². The molecule has 0 amide bonds. The molecule has 0 spiro atoms. The third kappa shape index (κ3) is 3.46. The van der Waals surface area contributed by atoms with Crippen LogP contribution in [0.25, 0.3) is 0 Å². The summed E-state index contributed by atoms with van der Waals surface area (Å²) in [5.41, 5.74) is 1.88. The highest BCUT2D eigenvalue weighted by Gasteiger charge is 1.99. The van der Waals surface area contributed by atoms with Gasteiger partial charge in [0.25, 0.3) is 0 Å². The van der Waals surface area contributed by atoms with Crippen LogP contribution in [0.3, 0.4) is 0 Å². The lowest BCUT2D eigenvalue weighted by Gasteiger charge is -2.00.